The van der Waals surface area contributed by atoms with Crippen LogP contribution in [0.4, 0.5) is 5.13 Å². The monoisotopic (exact) mass is 520 g/mol. The van der Waals surface area contributed by atoms with Crippen molar-refractivity contribution in [3.05, 3.63) is 63.7 Å². The van der Waals surface area contributed by atoms with Crippen LogP contribution >= 0.6 is 11.3 Å². The number of hydrogen-bond donors (Lipinski definition) is 1. The van der Waals surface area contributed by atoms with E-state index in [2.05, 4.69) is 22.4 Å². The SMILES string of the molecule is CCCCc1nnc(NC(=O)/C(C#N)=C\c2ccc(OCCOc3cc(C)ccc3C)c(OCC)c2)s1. The van der Waals surface area contributed by atoms with Crippen LogP contribution in [-0.4, -0.2) is 35.9 Å². The molecule has 0 aliphatic carbocycles. The number of ether oxygens (including phenoxy) is 3. The first-order valence-electron chi connectivity index (χ1n) is 12.3. The molecule has 2 aromatic carbocycles. The van der Waals surface area contributed by atoms with Crippen molar-refractivity contribution in [2.75, 3.05) is 25.1 Å². The highest BCUT2D eigenvalue weighted by molar-refractivity contribution is 7.15. The predicted octanol–water partition coefficient (Wildman–Crippen LogP) is 5.90. The molecule has 0 unspecified atom stereocenters. The van der Waals surface area contributed by atoms with Crippen LogP contribution in [0.15, 0.2) is 42.0 Å². The molecule has 0 saturated heterocycles. The second-order valence-corrected chi connectivity index (χ2v) is 9.40. The summed E-state index contributed by atoms with van der Waals surface area (Å²) in [6.07, 6.45) is 4.38. The van der Waals surface area contributed by atoms with E-state index in [0.29, 0.717) is 42.0 Å². The van der Waals surface area contributed by atoms with Crippen molar-refractivity contribution in [2.24, 2.45) is 0 Å². The highest BCUT2D eigenvalue weighted by Gasteiger charge is 2.14. The van der Waals surface area contributed by atoms with Crippen LogP contribution in [0.2, 0.25) is 0 Å². The summed E-state index contributed by atoms with van der Waals surface area (Å²) in [7, 11) is 0. The number of amides is 1. The zero-order valence-corrected chi connectivity index (χ0v) is 22.5. The summed E-state index contributed by atoms with van der Waals surface area (Å²) < 4.78 is 17.5. The molecule has 9 heteroatoms. The highest BCUT2D eigenvalue weighted by atomic mass is 32.1. The van der Waals surface area contributed by atoms with Gasteiger partial charge in [0, 0.05) is 6.42 Å². The van der Waals surface area contributed by atoms with Gasteiger partial charge in [0.15, 0.2) is 11.5 Å². The summed E-state index contributed by atoms with van der Waals surface area (Å²) in [6, 6.07) is 13.3. The van der Waals surface area contributed by atoms with Crippen LogP contribution in [0.5, 0.6) is 17.2 Å². The van der Waals surface area contributed by atoms with Gasteiger partial charge in [-0.3, -0.25) is 10.1 Å². The minimum absolute atomic E-state index is 0.0525. The van der Waals surface area contributed by atoms with Crippen molar-refractivity contribution in [1.29, 1.82) is 5.26 Å². The number of nitrogens with zero attached hydrogens (tertiary/aromatic N) is 3. The molecule has 194 valence electrons. The van der Waals surface area contributed by atoms with Gasteiger partial charge in [0.25, 0.3) is 5.91 Å². The molecule has 0 aliphatic heterocycles. The normalized spacial score (nSPS) is 11.1. The third-order valence-corrected chi connectivity index (χ3v) is 6.22. The number of nitrogens with one attached hydrogen (secondary N) is 1. The van der Waals surface area contributed by atoms with Crippen LogP contribution in [0, 0.1) is 25.2 Å². The molecule has 3 aromatic rings. The second-order valence-electron chi connectivity index (χ2n) is 8.33. The molecule has 1 amide bonds. The first kappa shape index (κ1) is 27.7. The van der Waals surface area contributed by atoms with Gasteiger partial charge in [-0.15, -0.1) is 10.2 Å². The Labute approximate surface area is 221 Å². The van der Waals surface area contributed by atoms with Crippen LogP contribution in [-0.2, 0) is 11.2 Å². The lowest BCUT2D eigenvalue weighted by atomic mass is 10.1. The second kappa shape index (κ2) is 14.0. The van der Waals surface area contributed by atoms with E-state index in [1.807, 2.05) is 45.0 Å². The van der Waals surface area contributed by atoms with Gasteiger partial charge in [-0.2, -0.15) is 5.26 Å². The van der Waals surface area contributed by atoms with Crippen LogP contribution in [0.3, 0.4) is 0 Å². The molecule has 0 saturated carbocycles. The molecule has 8 nitrogen and oxygen atoms in total. The number of benzene rings is 2. The predicted molar refractivity (Wildman–Crippen MR) is 145 cm³/mol. The maximum absolute atomic E-state index is 12.7. The van der Waals surface area contributed by atoms with E-state index >= 15 is 0 Å². The third kappa shape index (κ3) is 8.33. The summed E-state index contributed by atoms with van der Waals surface area (Å²) in [6.45, 7) is 9.15. The van der Waals surface area contributed by atoms with E-state index in [1.165, 1.54) is 17.4 Å². The number of aromatic nitrogens is 2. The summed E-state index contributed by atoms with van der Waals surface area (Å²) in [5, 5.41) is 21.6. The lowest BCUT2D eigenvalue weighted by Crippen LogP contribution is -2.13. The molecule has 0 spiro atoms. The lowest BCUT2D eigenvalue weighted by molar-refractivity contribution is -0.112. The number of carbonyl (C=O) groups is 1. The first-order valence-corrected chi connectivity index (χ1v) is 13.1. The van der Waals surface area contributed by atoms with E-state index in [1.54, 1.807) is 18.2 Å². The Kier molecular flexibility index (Phi) is 10.5. The van der Waals surface area contributed by atoms with Gasteiger partial charge < -0.3 is 14.2 Å². The van der Waals surface area contributed by atoms with Crippen molar-refractivity contribution in [3.8, 4) is 23.3 Å². The van der Waals surface area contributed by atoms with Crippen molar-refractivity contribution >= 4 is 28.5 Å². The van der Waals surface area contributed by atoms with E-state index in [4.69, 9.17) is 14.2 Å². The number of carbonyl (C=O) groups excluding carboxylic acids is 1. The fourth-order valence-corrected chi connectivity index (χ4v) is 4.16. The maximum atomic E-state index is 12.7. The molecule has 0 fully saturated rings. The molecule has 1 aromatic heterocycles. The zero-order chi connectivity index (χ0) is 26.6. The van der Waals surface area contributed by atoms with Crippen LogP contribution in [0.25, 0.3) is 6.08 Å². The standard InChI is InChI=1S/C28H32N4O4S/c1-5-7-8-26-31-32-28(37-26)30-27(33)22(18-29)16-21-11-12-23(25(17-21)34-6-2)35-13-14-36-24-15-19(3)9-10-20(24)4/h9-12,15-17H,5-8,13-14H2,1-4H3,(H,30,32,33)/b22-16-. The average molecular weight is 521 g/mol. The molecule has 0 radical (unpaired) electrons. The summed E-state index contributed by atoms with van der Waals surface area (Å²) >= 11 is 1.32. The molecule has 1 heterocycles. The molecular formula is C28H32N4O4S. The zero-order valence-electron chi connectivity index (χ0n) is 21.7. The van der Waals surface area contributed by atoms with Crippen molar-refractivity contribution in [2.45, 2.75) is 47.0 Å². The first-order chi connectivity index (χ1) is 17.9. The average Bonchev–Trinajstić information content (AvgIpc) is 3.33. The molecule has 0 aliphatic rings. The Hall–Kier alpha value is -3.90. The fraction of sp³-hybridized carbons (Fsp3) is 0.357. The quantitative estimate of drug-likeness (QED) is 0.170. The van der Waals surface area contributed by atoms with E-state index in [9.17, 15) is 10.1 Å². The van der Waals surface area contributed by atoms with E-state index in [-0.39, 0.29) is 5.57 Å². The summed E-state index contributed by atoms with van der Waals surface area (Å²) in [4.78, 5) is 12.7. The summed E-state index contributed by atoms with van der Waals surface area (Å²) in [5.74, 6) is 1.37. The Morgan fingerprint density at radius 3 is 2.54 bits per heavy atom. The maximum Gasteiger partial charge on any atom is 0.268 e. The van der Waals surface area contributed by atoms with Gasteiger partial charge >= 0.3 is 0 Å². The number of rotatable bonds is 13. The Balaban J connectivity index is 1.64. The number of unbranched alkanes of at least 4 members (excludes halogenated alkanes) is 1. The number of aryl methyl sites for hydroxylation is 3. The number of anilines is 1. The number of nitriles is 1. The van der Waals surface area contributed by atoms with Gasteiger partial charge in [0.2, 0.25) is 5.13 Å². The Morgan fingerprint density at radius 1 is 1.03 bits per heavy atom. The van der Waals surface area contributed by atoms with E-state index < -0.39 is 5.91 Å². The van der Waals surface area contributed by atoms with Crippen LogP contribution < -0.4 is 19.5 Å². The van der Waals surface area contributed by atoms with Crippen LogP contribution in [0.1, 0.15) is 48.4 Å². The van der Waals surface area contributed by atoms with Gasteiger partial charge in [0.1, 0.15) is 35.6 Å². The van der Waals surface area contributed by atoms with E-state index in [0.717, 1.165) is 41.1 Å². The smallest absolute Gasteiger partial charge is 0.268 e. The van der Waals surface area contributed by atoms with Gasteiger partial charge in [-0.1, -0.05) is 42.9 Å². The molecule has 37 heavy (non-hydrogen) atoms. The largest absolute Gasteiger partial charge is 0.490 e. The highest BCUT2D eigenvalue weighted by Crippen LogP contribution is 2.30. The number of hydrogen-bond acceptors (Lipinski definition) is 8. The minimum Gasteiger partial charge on any atom is -0.490 e. The minimum atomic E-state index is -0.539. The molecule has 1 N–H and O–H groups in total. The lowest BCUT2D eigenvalue weighted by Gasteiger charge is -2.14. The molecule has 0 bridgehead atoms. The Bertz CT molecular complexity index is 1280. The fourth-order valence-electron chi connectivity index (χ4n) is 3.38. The van der Waals surface area contributed by atoms with Gasteiger partial charge in [-0.05, 0) is 68.2 Å². The van der Waals surface area contributed by atoms with Crippen molar-refractivity contribution in [1.82, 2.24) is 10.2 Å². The van der Waals surface area contributed by atoms with Gasteiger partial charge in [-0.25, -0.2) is 0 Å². The topological polar surface area (TPSA) is 106 Å². The molecule has 3 rings (SSSR count). The van der Waals surface area contributed by atoms with Gasteiger partial charge in [0.05, 0.1) is 6.61 Å². The molecular weight excluding hydrogens is 488 g/mol. The molecule has 0 atom stereocenters. The van der Waals surface area contributed by atoms with Crippen molar-refractivity contribution < 1.29 is 19.0 Å². The summed E-state index contributed by atoms with van der Waals surface area (Å²) in [5.41, 5.74) is 2.78. The Morgan fingerprint density at radius 2 is 1.81 bits per heavy atom. The van der Waals surface area contributed by atoms with Crippen molar-refractivity contribution in [3.63, 3.8) is 0 Å². The third-order valence-electron chi connectivity index (χ3n) is 5.32.